The standard InChI is InChI=1S/C9H20OS/c1-6-8(3)9(4,7-2)11(5)10/h8H,6-7H2,1-5H3. The fourth-order valence-electron chi connectivity index (χ4n) is 1.27. The summed E-state index contributed by atoms with van der Waals surface area (Å²) in [6.45, 7) is 8.58. The number of rotatable bonds is 4. The summed E-state index contributed by atoms with van der Waals surface area (Å²) in [6.07, 6.45) is 3.94. The van der Waals surface area contributed by atoms with Crippen LogP contribution in [0.3, 0.4) is 0 Å². The first-order chi connectivity index (χ1) is 4.99. The molecule has 0 aromatic rings. The molecule has 11 heavy (non-hydrogen) atoms. The Morgan fingerprint density at radius 2 is 1.91 bits per heavy atom. The molecule has 0 aliphatic carbocycles. The first kappa shape index (κ1) is 11.2. The second kappa shape index (κ2) is 4.24. The minimum Gasteiger partial charge on any atom is -0.259 e. The zero-order valence-electron chi connectivity index (χ0n) is 8.31. The summed E-state index contributed by atoms with van der Waals surface area (Å²) in [6, 6.07) is 0. The third-order valence-electron chi connectivity index (χ3n) is 3.01. The van der Waals surface area contributed by atoms with Gasteiger partial charge in [0.25, 0.3) is 0 Å². The van der Waals surface area contributed by atoms with Gasteiger partial charge in [-0.25, -0.2) is 0 Å². The van der Waals surface area contributed by atoms with E-state index in [2.05, 4.69) is 27.7 Å². The van der Waals surface area contributed by atoms with Crippen LogP contribution < -0.4 is 0 Å². The first-order valence-electron chi connectivity index (χ1n) is 4.32. The Morgan fingerprint density at radius 3 is 2.00 bits per heavy atom. The summed E-state index contributed by atoms with van der Waals surface area (Å²) >= 11 is 0. The zero-order valence-corrected chi connectivity index (χ0v) is 9.12. The van der Waals surface area contributed by atoms with Gasteiger partial charge in [-0.2, -0.15) is 0 Å². The van der Waals surface area contributed by atoms with E-state index in [4.69, 9.17) is 0 Å². The van der Waals surface area contributed by atoms with Crippen LogP contribution in [0.15, 0.2) is 0 Å². The van der Waals surface area contributed by atoms with Crippen LogP contribution in [0.2, 0.25) is 0 Å². The molecule has 0 aromatic carbocycles. The fourth-order valence-corrected chi connectivity index (χ4v) is 2.41. The maximum absolute atomic E-state index is 11.4. The molecule has 0 amide bonds. The molecule has 0 spiro atoms. The van der Waals surface area contributed by atoms with E-state index >= 15 is 0 Å². The van der Waals surface area contributed by atoms with Crippen molar-refractivity contribution in [2.75, 3.05) is 6.26 Å². The van der Waals surface area contributed by atoms with Crippen molar-refractivity contribution < 1.29 is 4.21 Å². The van der Waals surface area contributed by atoms with Crippen molar-refractivity contribution in [2.45, 2.75) is 45.3 Å². The summed E-state index contributed by atoms with van der Waals surface area (Å²) in [5.41, 5.74) is 0. The van der Waals surface area contributed by atoms with E-state index in [9.17, 15) is 4.21 Å². The predicted molar refractivity (Wildman–Crippen MR) is 52.2 cm³/mol. The van der Waals surface area contributed by atoms with Crippen molar-refractivity contribution in [3.63, 3.8) is 0 Å². The Balaban J connectivity index is 4.45. The molecule has 0 N–H and O–H groups in total. The SMILES string of the molecule is CCC(C)C(C)(CC)S(C)=O. The van der Waals surface area contributed by atoms with E-state index < -0.39 is 10.8 Å². The molecule has 2 heteroatoms. The van der Waals surface area contributed by atoms with Crippen molar-refractivity contribution in [3.8, 4) is 0 Å². The highest BCUT2D eigenvalue weighted by Crippen LogP contribution is 2.29. The van der Waals surface area contributed by atoms with Crippen molar-refractivity contribution in [2.24, 2.45) is 5.92 Å². The minimum absolute atomic E-state index is 0.0226. The van der Waals surface area contributed by atoms with Gasteiger partial charge >= 0.3 is 0 Å². The molecule has 68 valence electrons. The van der Waals surface area contributed by atoms with E-state index in [0.717, 1.165) is 12.8 Å². The smallest absolute Gasteiger partial charge is 0.0451 e. The Hall–Kier alpha value is 0.150. The molecule has 0 bridgehead atoms. The minimum atomic E-state index is -0.699. The lowest BCUT2D eigenvalue weighted by Crippen LogP contribution is -2.36. The summed E-state index contributed by atoms with van der Waals surface area (Å²) in [5.74, 6) is 0.554. The van der Waals surface area contributed by atoms with Crippen molar-refractivity contribution in [3.05, 3.63) is 0 Å². The normalized spacial score (nSPS) is 22.3. The number of hydrogen-bond donors (Lipinski definition) is 0. The van der Waals surface area contributed by atoms with Gasteiger partial charge in [0.15, 0.2) is 0 Å². The molecule has 0 radical (unpaired) electrons. The van der Waals surface area contributed by atoms with Gasteiger partial charge in [0.1, 0.15) is 0 Å². The summed E-state index contributed by atoms with van der Waals surface area (Å²) in [4.78, 5) is 0. The van der Waals surface area contributed by atoms with Crippen LogP contribution in [0.5, 0.6) is 0 Å². The van der Waals surface area contributed by atoms with Crippen LogP contribution in [0, 0.1) is 5.92 Å². The average molecular weight is 176 g/mol. The van der Waals surface area contributed by atoms with Crippen LogP contribution >= 0.6 is 0 Å². The highest BCUT2D eigenvalue weighted by Gasteiger charge is 2.31. The van der Waals surface area contributed by atoms with Crippen LogP contribution in [-0.2, 0) is 10.8 Å². The quantitative estimate of drug-likeness (QED) is 0.643. The molecule has 0 saturated carbocycles. The van der Waals surface area contributed by atoms with Crippen molar-refractivity contribution in [1.82, 2.24) is 0 Å². The lowest BCUT2D eigenvalue weighted by Gasteiger charge is -2.31. The van der Waals surface area contributed by atoms with Crippen LogP contribution in [-0.4, -0.2) is 15.2 Å². The van der Waals surface area contributed by atoms with E-state index in [-0.39, 0.29) is 4.75 Å². The highest BCUT2D eigenvalue weighted by molar-refractivity contribution is 7.85. The molecule has 3 atom stereocenters. The van der Waals surface area contributed by atoms with Gasteiger partial charge < -0.3 is 0 Å². The second-order valence-corrected chi connectivity index (χ2v) is 5.27. The fraction of sp³-hybridized carbons (Fsp3) is 1.00. The van der Waals surface area contributed by atoms with E-state index in [1.807, 2.05) is 6.26 Å². The summed E-state index contributed by atoms with van der Waals surface area (Å²) in [5, 5.41) is 0. The monoisotopic (exact) mass is 176 g/mol. The van der Waals surface area contributed by atoms with Gasteiger partial charge in [0, 0.05) is 21.8 Å². The molecule has 0 saturated heterocycles. The van der Waals surface area contributed by atoms with Crippen molar-refractivity contribution in [1.29, 1.82) is 0 Å². The molecular formula is C9H20OS. The molecule has 0 aromatic heterocycles. The molecule has 3 unspecified atom stereocenters. The van der Waals surface area contributed by atoms with E-state index in [1.54, 1.807) is 0 Å². The molecule has 1 nitrogen and oxygen atoms in total. The average Bonchev–Trinajstić information content (AvgIpc) is 2.01. The maximum atomic E-state index is 11.4. The van der Waals surface area contributed by atoms with Crippen LogP contribution in [0.25, 0.3) is 0 Å². The maximum Gasteiger partial charge on any atom is 0.0451 e. The van der Waals surface area contributed by atoms with E-state index in [1.165, 1.54) is 0 Å². The topological polar surface area (TPSA) is 17.1 Å². The third-order valence-corrected chi connectivity index (χ3v) is 5.02. The molecule has 0 heterocycles. The van der Waals surface area contributed by atoms with Crippen molar-refractivity contribution >= 4 is 10.8 Å². The Morgan fingerprint density at radius 1 is 1.45 bits per heavy atom. The lowest BCUT2D eigenvalue weighted by molar-refractivity contribution is 0.398. The summed E-state index contributed by atoms with van der Waals surface area (Å²) < 4.78 is 11.4. The molecule has 0 aliphatic heterocycles. The molecule has 0 fully saturated rings. The van der Waals surface area contributed by atoms with Crippen LogP contribution in [0.4, 0.5) is 0 Å². The Labute approximate surface area is 73.0 Å². The van der Waals surface area contributed by atoms with Gasteiger partial charge in [-0.15, -0.1) is 0 Å². The molecular weight excluding hydrogens is 156 g/mol. The molecule has 0 rings (SSSR count). The largest absolute Gasteiger partial charge is 0.259 e. The summed E-state index contributed by atoms with van der Waals surface area (Å²) in [7, 11) is -0.699. The van der Waals surface area contributed by atoms with Gasteiger partial charge in [0.05, 0.1) is 0 Å². The Kier molecular flexibility index (Phi) is 4.30. The third kappa shape index (κ3) is 2.29. The van der Waals surface area contributed by atoms with Gasteiger partial charge in [-0.05, 0) is 19.3 Å². The highest BCUT2D eigenvalue weighted by atomic mass is 32.2. The Bertz CT molecular complexity index is 144. The van der Waals surface area contributed by atoms with Gasteiger partial charge in [0.2, 0.25) is 0 Å². The first-order valence-corrected chi connectivity index (χ1v) is 5.88. The predicted octanol–water partition coefficient (Wildman–Crippen LogP) is 2.58. The van der Waals surface area contributed by atoms with E-state index in [0.29, 0.717) is 5.92 Å². The van der Waals surface area contributed by atoms with Gasteiger partial charge in [-0.1, -0.05) is 27.2 Å². The molecule has 0 aliphatic rings. The second-order valence-electron chi connectivity index (χ2n) is 3.43. The zero-order chi connectivity index (χ0) is 9.07. The van der Waals surface area contributed by atoms with Gasteiger partial charge in [-0.3, -0.25) is 4.21 Å². The number of hydrogen-bond acceptors (Lipinski definition) is 1. The van der Waals surface area contributed by atoms with Crippen LogP contribution in [0.1, 0.15) is 40.5 Å². The lowest BCUT2D eigenvalue weighted by atomic mass is 9.90.